The van der Waals surface area contributed by atoms with Gasteiger partial charge in [-0.15, -0.1) is 0 Å². The van der Waals surface area contributed by atoms with Crippen LogP contribution in [0.1, 0.15) is 290 Å². The maximum atomic E-state index is 12.9. The molecular weight excluding hydrogens is 925 g/mol. The second-order valence-electron chi connectivity index (χ2n) is 20.6. The van der Waals surface area contributed by atoms with Crippen molar-refractivity contribution in [2.24, 2.45) is 0 Å². The number of allylic oxidation sites excluding steroid dienone is 18. The summed E-state index contributed by atoms with van der Waals surface area (Å²) in [5.41, 5.74) is 0. The van der Waals surface area contributed by atoms with Crippen molar-refractivity contribution in [1.82, 2.24) is 0 Å². The topological polar surface area (TPSA) is 78.9 Å². The van der Waals surface area contributed by atoms with Crippen LogP contribution in [-0.2, 0) is 28.6 Å². The summed E-state index contributed by atoms with van der Waals surface area (Å²) in [5.74, 6) is -0.947. The summed E-state index contributed by atoms with van der Waals surface area (Å²) in [6, 6.07) is 0. The summed E-state index contributed by atoms with van der Waals surface area (Å²) < 4.78 is 16.9. The molecule has 0 N–H and O–H groups in total. The second-order valence-corrected chi connectivity index (χ2v) is 20.6. The van der Waals surface area contributed by atoms with Crippen molar-refractivity contribution in [1.29, 1.82) is 0 Å². The standard InChI is InChI=1S/C69H116O6/c1-4-7-10-13-16-19-22-25-28-31-33-34-36-38-41-44-47-50-53-56-59-62-68(71)74-65-66(64-73-67(70)61-58-55-52-49-46-43-40-37-30-27-24-21-18-15-12-9-6-3)75-69(72)63-60-57-54-51-48-45-42-39-35-32-29-26-23-20-17-14-11-8-5-2/h7,10,16-17,19-20,25-26,28-29,33-35,38-39,41,47,50,66H,4-6,8-9,11-15,18,21-24,27,30-32,36-37,40,42-46,48-49,51-65H2,1-3H3/b10-7-,19-16-,20-17-,28-25-,29-26-,34-33-,39-35-,41-38-,50-47-. The second kappa shape index (κ2) is 62.6. The van der Waals surface area contributed by atoms with Gasteiger partial charge in [0, 0.05) is 19.3 Å². The van der Waals surface area contributed by atoms with Crippen molar-refractivity contribution in [3.8, 4) is 0 Å². The van der Waals surface area contributed by atoms with Crippen LogP contribution in [-0.4, -0.2) is 37.2 Å². The van der Waals surface area contributed by atoms with Gasteiger partial charge in [0.2, 0.25) is 0 Å². The molecule has 0 amide bonds. The van der Waals surface area contributed by atoms with Crippen molar-refractivity contribution >= 4 is 17.9 Å². The van der Waals surface area contributed by atoms with E-state index in [2.05, 4.69) is 130 Å². The Labute approximate surface area is 463 Å². The van der Waals surface area contributed by atoms with Crippen molar-refractivity contribution in [2.75, 3.05) is 13.2 Å². The van der Waals surface area contributed by atoms with E-state index in [4.69, 9.17) is 14.2 Å². The van der Waals surface area contributed by atoms with Crippen LogP contribution in [0.25, 0.3) is 0 Å². The first-order valence-corrected chi connectivity index (χ1v) is 31.4. The van der Waals surface area contributed by atoms with Crippen molar-refractivity contribution in [3.05, 3.63) is 109 Å². The van der Waals surface area contributed by atoms with E-state index >= 15 is 0 Å². The molecule has 0 radical (unpaired) electrons. The first-order valence-electron chi connectivity index (χ1n) is 31.4. The molecule has 0 aromatic heterocycles. The van der Waals surface area contributed by atoms with E-state index in [-0.39, 0.29) is 31.1 Å². The molecular formula is C69H116O6. The Morgan fingerprint density at radius 1 is 0.280 bits per heavy atom. The van der Waals surface area contributed by atoms with Gasteiger partial charge in [0.25, 0.3) is 0 Å². The zero-order valence-corrected chi connectivity index (χ0v) is 49.0. The SMILES string of the molecule is CC/C=C\C/C=C\C/C=C\C/C=C\C/C=C\C/C=C\CCCCC(=O)OCC(COC(=O)CCCCCCCCCCCCCCCCCCC)OC(=O)CCCCCCCC/C=C\C/C=C\C/C=C\CCCCC. The van der Waals surface area contributed by atoms with Crippen LogP contribution < -0.4 is 0 Å². The number of esters is 3. The van der Waals surface area contributed by atoms with E-state index in [1.54, 1.807) is 0 Å². The van der Waals surface area contributed by atoms with Crippen LogP contribution in [0.5, 0.6) is 0 Å². The van der Waals surface area contributed by atoms with Crippen LogP contribution in [0.15, 0.2) is 109 Å². The molecule has 1 atom stereocenters. The molecule has 0 rings (SSSR count). The molecule has 428 valence electrons. The summed E-state index contributed by atoms with van der Waals surface area (Å²) in [6.45, 7) is 6.48. The lowest BCUT2D eigenvalue weighted by molar-refractivity contribution is -0.167. The fourth-order valence-electron chi connectivity index (χ4n) is 8.57. The first-order chi connectivity index (χ1) is 37.0. The molecule has 0 aliphatic rings. The number of carbonyl (C=O) groups excluding carboxylic acids is 3. The van der Waals surface area contributed by atoms with E-state index in [1.165, 1.54) is 128 Å². The molecule has 1 unspecified atom stereocenters. The molecule has 0 spiro atoms. The van der Waals surface area contributed by atoms with Crippen LogP contribution in [0.4, 0.5) is 0 Å². The lowest BCUT2D eigenvalue weighted by Crippen LogP contribution is -2.30. The third-order valence-corrected chi connectivity index (χ3v) is 13.3. The summed E-state index contributed by atoms with van der Waals surface area (Å²) in [5, 5.41) is 0. The van der Waals surface area contributed by atoms with E-state index in [9.17, 15) is 14.4 Å². The molecule has 0 saturated carbocycles. The highest BCUT2D eigenvalue weighted by molar-refractivity contribution is 5.71. The Hall–Kier alpha value is -3.93. The number of rotatable bonds is 56. The molecule has 0 bridgehead atoms. The normalized spacial score (nSPS) is 12.8. The van der Waals surface area contributed by atoms with Crippen molar-refractivity contribution in [2.45, 2.75) is 297 Å². The smallest absolute Gasteiger partial charge is 0.306 e. The fraction of sp³-hybridized carbons (Fsp3) is 0.696. The summed E-state index contributed by atoms with van der Waals surface area (Å²) in [4.78, 5) is 38.3. The van der Waals surface area contributed by atoms with E-state index in [0.29, 0.717) is 19.3 Å². The fourth-order valence-corrected chi connectivity index (χ4v) is 8.57. The van der Waals surface area contributed by atoms with Gasteiger partial charge in [0.05, 0.1) is 0 Å². The minimum atomic E-state index is -0.805. The molecule has 6 nitrogen and oxygen atoms in total. The van der Waals surface area contributed by atoms with Crippen LogP contribution in [0, 0.1) is 0 Å². The van der Waals surface area contributed by atoms with Crippen LogP contribution in [0.3, 0.4) is 0 Å². The largest absolute Gasteiger partial charge is 0.462 e. The monoisotopic (exact) mass is 1040 g/mol. The summed E-state index contributed by atoms with van der Waals surface area (Å²) in [7, 11) is 0. The predicted octanol–water partition coefficient (Wildman–Crippen LogP) is 21.4. The van der Waals surface area contributed by atoms with Gasteiger partial charge in [0.1, 0.15) is 13.2 Å². The zero-order valence-electron chi connectivity index (χ0n) is 49.0. The van der Waals surface area contributed by atoms with Crippen molar-refractivity contribution in [3.63, 3.8) is 0 Å². The van der Waals surface area contributed by atoms with E-state index < -0.39 is 6.10 Å². The van der Waals surface area contributed by atoms with Crippen molar-refractivity contribution < 1.29 is 28.6 Å². The Morgan fingerprint density at radius 3 is 0.867 bits per heavy atom. The Balaban J connectivity index is 4.49. The molecule has 0 aliphatic heterocycles. The average molecular weight is 1040 g/mol. The molecule has 0 aromatic rings. The van der Waals surface area contributed by atoms with Gasteiger partial charge < -0.3 is 14.2 Å². The predicted molar refractivity (Wildman–Crippen MR) is 325 cm³/mol. The number of hydrogen-bond acceptors (Lipinski definition) is 6. The number of ether oxygens (including phenoxy) is 3. The molecule has 0 aromatic carbocycles. The first kappa shape index (κ1) is 71.1. The summed E-state index contributed by atoms with van der Waals surface area (Å²) in [6.07, 6.45) is 85.1. The Morgan fingerprint density at radius 2 is 0.520 bits per heavy atom. The van der Waals surface area contributed by atoms with Gasteiger partial charge in [-0.25, -0.2) is 0 Å². The molecule has 6 heteroatoms. The van der Waals surface area contributed by atoms with Gasteiger partial charge in [-0.3, -0.25) is 14.4 Å². The van der Waals surface area contributed by atoms with E-state index in [1.807, 2.05) is 0 Å². The highest BCUT2D eigenvalue weighted by Gasteiger charge is 2.19. The lowest BCUT2D eigenvalue weighted by atomic mass is 10.0. The minimum absolute atomic E-state index is 0.0965. The van der Waals surface area contributed by atoms with Gasteiger partial charge in [-0.1, -0.05) is 271 Å². The highest BCUT2D eigenvalue weighted by Crippen LogP contribution is 2.16. The Bertz CT molecular complexity index is 1520. The quantitative estimate of drug-likeness (QED) is 0.0261. The van der Waals surface area contributed by atoms with Crippen LogP contribution in [0.2, 0.25) is 0 Å². The van der Waals surface area contributed by atoms with E-state index in [0.717, 1.165) is 122 Å². The third-order valence-electron chi connectivity index (χ3n) is 13.3. The van der Waals surface area contributed by atoms with Crippen LogP contribution >= 0.6 is 0 Å². The molecule has 0 heterocycles. The molecule has 0 fully saturated rings. The highest BCUT2D eigenvalue weighted by atomic mass is 16.6. The Kier molecular flexibility index (Phi) is 59.3. The lowest BCUT2D eigenvalue weighted by Gasteiger charge is -2.18. The average Bonchev–Trinajstić information content (AvgIpc) is 3.41. The number of unbranched alkanes of at least 4 members (excludes halogenated alkanes) is 27. The van der Waals surface area contributed by atoms with Gasteiger partial charge >= 0.3 is 17.9 Å². The number of hydrogen-bond donors (Lipinski definition) is 0. The molecule has 75 heavy (non-hydrogen) atoms. The maximum absolute atomic E-state index is 12.9. The zero-order chi connectivity index (χ0) is 54.3. The third kappa shape index (κ3) is 60.8. The molecule has 0 saturated heterocycles. The minimum Gasteiger partial charge on any atom is -0.462 e. The maximum Gasteiger partial charge on any atom is 0.306 e. The molecule has 0 aliphatic carbocycles. The summed E-state index contributed by atoms with van der Waals surface area (Å²) >= 11 is 0. The van der Waals surface area contributed by atoms with Gasteiger partial charge in [-0.05, 0) is 109 Å². The number of carbonyl (C=O) groups is 3. The van der Waals surface area contributed by atoms with Gasteiger partial charge in [0.15, 0.2) is 6.10 Å². The van der Waals surface area contributed by atoms with Gasteiger partial charge in [-0.2, -0.15) is 0 Å².